The van der Waals surface area contributed by atoms with Crippen LogP contribution in [-0.2, 0) is 9.53 Å². The van der Waals surface area contributed by atoms with Gasteiger partial charge < -0.3 is 10.1 Å². The lowest BCUT2D eigenvalue weighted by molar-refractivity contribution is -0.141. The number of esters is 1. The van der Waals surface area contributed by atoms with Crippen LogP contribution in [0, 0.1) is 6.92 Å². The second-order valence-electron chi connectivity index (χ2n) is 3.89. The van der Waals surface area contributed by atoms with Gasteiger partial charge in [-0.15, -0.1) is 0 Å². The van der Waals surface area contributed by atoms with E-state index in [0.29, 0.717) is 6.61 Å². The first-order chi connectivity index (χ1) is 8.13. The van der Waals surface area contributed by atoms with E-state index in [2.05, 4.69) is 28.2 Å². The zero-order valence-corrected chi connectivity index (χ0v) is 11.8. The Morgan fingerprint density at radius 1 is 1.47 bits per heavy atom. The first kappa shape index (κ1) is 14.0. The van der Waals surface area contributed by atoms with E-state index in [1.54, 1.807) is 0 Å². The summed E-state index contributed by atoms with van der Waals surface area (Å²) in [7, 11) is 0. The number of hydrogen-bond acceptors (Lipinski definition) is 3. The van der Waals surface area contributed by atoms with Gasteiger partial charge in [0.1, 0.15) is 6.54 Å². The summed E-state index contributed by atoms with van der Waals surface area (Å²) in [5.41, 5.74) is 2.06. The summed E-state index contributed by atoms with van der Waals surface area (Å²) in [5, 5.41) is 3.08. The minimum atomic E-state index is -0.210. The van der Waals surface area contributed by atoms with E-state index in [0.717, 1.165) is 28.6 Å². The minimum absolute atomic E-state index is 0.209. The number of unbranched alkanes of at least 4 members (excludes halogenated alkanes) is 1. The number of halogens is 1. The molecule has 0 aliphatic carbocycles. The largest absolute Gasteiger partial charge is 0.464 e. The molecule has 0 bridgehead atoms. The lowest BCUT2D eigenvalue weighted by Crippen LogP contribution is -2.17. The molecule has 0 unspecified atom stereocenters. The number of anilines is 1. The summed E-state index contributed by atoms with van der Waals surface area (Å²) in [6, 6.07) is 5.92. The van der Waals surface area contributed by atoms with Crippen molar-refractivity contribution in [2.45, 2.75) is 26.7 Å². The Balaban J connectivity index is 2.39. The molecule has 0 heterocycles. The van der Waals surface area contributed by atoms with E-state index in [1.165, 1.54) is 0 Å². The summed E-state index contributed by atoms with van der Waals surface area (Å²) < 4.78 is 6.05. The van der Waals surface area contributed by atoms with Crippen molar-refractivity contribution in [1.82, 2.24) is 0 Å². The van der Waals surface area contributed by atoms with E-state index in [1.807, 2.05) is 25.1 Å². The monoisotopic (exact) mass is 299 g/mol. The molecule has 1 N–H and O–H groups in total. The number of carbonyl (C=O) groups excluding carboxylic acids is 1. The van der Waals surface area contributed by atoms with Crippen LogP contribution in [0.3, 0.4) is 0 Å². The van der Waals surface area contributed by atoms with Gasteiger partial charge in [-0.05, 0) is 31.0 Å². The van der Waals surface area contributed by atoms with Gasteiger partial charge in [0.15, 0.2) is 0 Å². The predicted molar refractivity (Wildman–Crippen MR) is 73.2 cm³/mol. The molecule has 4 heteroatoms. The molecule has 0 saturated heterocycles. The summed E-state index contributed by atoms with van der Waals surface area (Å²) in [4.78, 5) is 11.4. The van der Waals surface area contributed by atoms with Crippen LogP contribution in [0.25, 0.3) is 0 Å². The second kappa shape index (κ2) is 7.33. The highest BCUT2D eigenvalue weighted by Crippen LogP contribution is 2.20. The summed E-state index contributed by atoms with van der Waals surface area (Å²) in [6.45, 7) is 4.78. The maximum atomic E-state index is 11.4. The Hall–Kier alpha value is -1.03. The molecule has 0 saturated carbocycles. The van der Waals surface area contributed by atoms with Crippen LogP contribution in [0.4, 0.5) is 5.69 Å². The minimum Gasteiger partial charge on any atom is -0.464 e. The van der Waals surface area contributed by atoms with E-state index in [-0.39, 0.29) is 12.5 Å². The van der Waals surface area contributed by atoms with E-state index in [4.69, 9.17) is 4.74 Å². The van der Waals surface area contributed by atoms with Crippen molar-refractivity contribution in [2.75, 3.05) is 18.5 Å². The molecule has 0 aliphatic rings. The Morgan fingerprint density at radius 3 is 2.94 bits per heavy atom. The van der Waals surface area contributed by atoms with Crippen molar-refractivity contribution in [2.24, 2.45) is 0 Å². The zero-order valence-electron chi connectivity index (χ0n) is 10.3. The average Bonchev–Trinajstić information content (AvgIpc) is 2.31. The van der Waals surface area contributed by atoms with Gasteiger partial charge in [0, 0.05) is 10.2 Å². The third-order valence-corrected chi connectivity index (χ3v) is 2.88. The van der Waals surface area contributed by atoms with Gasteiger partial charge >= 0.3 is 5.97 Å². The molecule has 3 nitrogen and oxygen atoms in total. The summed E-state index contributed by atoms with van der Waals surface area (Å²) in [5.74, 6) is -0.210. The average molecular weight is 300 g/mol. The first-order valence-corrected chi connectivity index (χ1v) is 6.58. The van der Waals surface area contributed by atoms with Gasteiger partial charge in [0.25, 0.3) is 0 Å². The number of benzene rings is 1. The number of carbonyl (C=O) groups is 1. The quantitative estimate of drug-likeness (QED) is 0.645. The van der Waals surface area contributed by atoms with Crippen LogP contribution in [-0.4, -0.2) is 19.1 Å². The van der Waals surface area contributed by atoms with Crippen LogP contribution in [0.5, 0.6) is 0 Å². The number of nitrogens with one attached hydrogen (secondary N) is 1. The number of rotatable bonds is 6. The van der Waals surface area contributed by atoms with Gasteiger partial charge in [0.2, 0.25) is 0 Å². The number of hydrogen-bond donors (Lipinski definition) is 1. The molecule has 0 radical (unpaired) electrons. The maximum absolute atomic E-state index is 11.4. The molecule has 0 aromatic heterocycles. The molecule has 0 aliphatic heterocycles. The molecule has 1 aromatic carbocycles. The fourth-order valence-corrected chi connectivity index (χ4v) is 1.69. The molecule has 0 spiro atoms. The lowest BCUT2D eigenvalue weighted by Gasteiger charge is -2.09. The standard InChI is InChI=1S/C13H18BrNO2/c1-3-4-7-17-13(16)9-15-12-8-11(14)6-5-10(12)2/h5-6,8,15H,3-4,7,9H2,1-2H3. The molecule has 94 valence electrons. The molecular weight excluding hydrogens is 282 g/mol. The Kier molecular flexibility index (Phi) is 6.05. The number of ether oxygens (including phenoxy) is 1. The molecule has 17 heavy (non-hydrogen) atoms. The molecule has 1 rings (SSSR count). The van der Waals surface area contributed by atoms with Crippen molar-refractivity contribution in [3.63, 3.8) is 0 Å². The highest BCUT2D eigenvalue weighted by atomic mass is 79.9. The summed E-state index contributed by atoms with van der Waals surface area (Å²) >= 11 is 3.40. The fourth-order valence-electron chi connectivity index (χ4n) is 1.33. The van der Waals surface area contributed by atoms with Gasteiger partial charge in [0.05, 0.1) is 6.61 Å². The van der Waals surface area contributed by atoms with Crippen molar-refractivity contribution >= 4 is 27.6 Å². The molecule has 0 fully saturated rings. The van der Waals surface area contributed by atoms with Crippen LogP contribution < -0.4 is 5.32 Å². The Bertz CT molecular complexity index is 380. The molecular formula is C13H18BrNO2. The summed E-state index contributed by atoms with van der Waals surface area (Å²) in [6.07, 6.45) is 1.95. The number of aryl methyl sites for hydroxylation is 1. The maximum Gasteiger partial charge on any atom is 0.325 e. The normalized spacial score (nSPS) is 10.1. The van der Waals surface area contributed by atoms with Gasteiger partial charge in [-0.3, -0.25) is 4.79 Å². The van der Waals surface area contributed by atoms with Crippen LogP contribution in [0.1, 0.15) is 25.3 Å². The third kappa shape index (κ3) is 5.22. The topological polar surface area (TPSA) is 38.3 Å². The van der Waals surface area contributed by atoms with Crippen molar-refractivity contribution in [3.05, 3.63) is 28.2 Å². The lowest BCUT2D eigenvalue weighted by atomic mass is 10.2. The van der Waals surface area contributed by atoms with Crippen LogP contribution in [0.2, 0.25) is 0 Å². The van der Waals surface area contributed by atoms with Crippen molar-refractivity contribution < 1.29 is 9.53 Å². The van der Waals surface area contributed by atoms with Gasteiger partial charge in [-0.1, -0.05) is 35.3 Å². The van der Waals surface area contributed by atoms with Crippen LogP contribution in [0.15, 0.2) is 22.7 Å². The fraction of sp³-hybridized carbons (Fsp3) is 0.462. The molecule has 1 aromatic rings. The van der Waals surface area contributed by atoms with E-state index in [9.17, 15) is 4.79 Å². The van der Waals surface area contributed by atoms with Crippen molar-refractivity contribution in [1.29, 1.82) is 0 Å². The Labute approximate surface area is 111 Å². The Morgan fingerprint density at radius 2 is 2.24 bits per heavy atom. The predicted octanol–water partition coefficient (Wildman–Crippen LogP) is 3.51. The molecule has 0 atom stereocenters. The SMILES string of the molecule is CCCCOC(=O)CNc1cc(Br)ccc1C. The van der Waals surface area contributed by atoms with Gasteiger partial charge in [-0.25, -0.2) is 0 Å². The second-order valence-corrected chi connectivity index (χ2v) is 4.80. The van der Waals surface area contributed by atoms with Gasteiger partial charge in [-0.2, -0.15) is 0 Å². The van der Waals surface area contributed by atoms with E-state index < -0.39 is 0 Å². The zero-order chi connectivity index (χ0) is 12.7. The highest BCUT2D eigenvalue weighted by molar-refractivity contribution is 9.10. The van der Waals surface area contributed by atoms with E-state index >= 15 is 0 Å². The third-order valence-electron chi connectivity index (χ3n) is 2.38. The van der Waals surface area contributed by atoms with Crippen molar-refractivity contribution in [3.8, 4) is 0 Å². The smallest absolute Gasteiger partial charge is 0.325 e. The molecule has 0 amide bonds. The van der Waals surface area contributed by atoms with Crippen LogP contribution >= 0.6 is 15.9 Å². The first-order valence-electron chi connectivity index (χ1n) is 5.79. The highest BCUT2D eigenvalue weighted by Gasteiger charge is 2.04.